The zero-order chi connectivity index (χ0) is 14.4. The average molecular weight is 267 g/mol. The summed E-state index contributed by atoms with van der Waals surface area (Å²) in [5.74, 6) is -1.63. The van der Waals surface area contributed by atoms with Crippen LogP contribution in [-0.4, -0.2) is 46.9 Å². The molecule has 1 aromatic heterocycles. The van der Waals surface area contributed by atoms with Crippen LogP contribution in [0.2, 0.25) is 0 Å². The number of aromatic nitrogens is 2. The van der Waals surface area contributed by atoms with Crippen LogP contribution in [0.1, 0.15) is 28.7 Å². The SMILES string of the molecule is CCc1nnc(C)cc1C(=O)NC(COC)C(=O)O. The first-order valence-electron chi connectivity index (χ1n) is 5.85. The number of methoxy groups -OCH3 is 1. The van der Waals surface area contributed by atoms with E-state index in [1.165, 1.54) is 7.11 Å². The van der Waals surface area contributed by atoms with E-state index in [0.29, 0.717) is 23.4 Å². The molecule has 0 bridgehead atoms. The van der Waals surface area contributed by atoms with Gasteiger partial charge >= 0.3 is 5.97 Å². The van der Waals surface area contributed by atoms with E-state index < -0.39 is 17.9 Å². The fraction of sp³-hybridized carbons (Fsp3) is 0.500. The number of hydrogen-bond acceptors (Lipinski definition) is 5. The summed E-state index contributed by atoms with van der Waals surface area (Å²) in [6.45, 7) is 3.47. The van der Waals surface area contributed by atoms with Gasteiger partial charge in [-0.1, -0.05) is 6.92 Å². The van der Waals surface area contributed by atoms with Crippen LogP contribution >= 0.6 is 0 Å². The quantitative estimate of drug-likeness (QED) is 0.762. The average Bonchev–Trinajstić information content (AvgIpc) is 2.37. The summed E-state index contributed by atoms with van der Waals surface area (Å²) < 4.78 is 4.76. The van der Waals surface area contributed by atoms with Crippen molar-refractivity contribution in [1.29, 1.82) is 0 Å². The number of amides is 1. The Labute approximate surface area is 111 Å². The second kappa shape index (κ2) is 6.79. The number of rotatable bonds is 6. The Morgan fingerprint density at radius 1 is 1.47 bits per heavy atom. The number of aryl methyl sites for hydroxylation is 2. The number of hydrogen-bond donors (Lipinski definition) is 2. The summed E-state index contributed by atoms with van der Waals surface area (Å²) in [4.78, 5) is 23.0. The molecular weight excluding hydrogens is 250 g/mol. The van der Waals surface area contributed by atoms with E-state index in [-0.39, 0.29) is 6.61 Å². The minimum Gasteiger partial charge on any atom is -0.480 e. The maximum Gasteiger partial charge on any atom is 0.328 e. The zero-order valence-electron chi connectivity index (χ0n) is 11.1. The molecule has 7 heteroatoms. The first-order valence-corrected chi connectivity index (χ1v) is 5.85. The maximum absolute atomic E-state index is 12.1. The first-order chi connectivity index (χ1) is 8.99. The van der Waals surface area contributed by atoms with Gasteiger partial charge in [-0.05, 0) is 19.4 Å². The molecule has 0 fully saturated rings. The maximum atomic E-state index is 12.1. The van der Waals surface area contributed by atoms with E-state index in [0.717, 1.165) is 0 Å². The fourth-order valence-corrected chi connectivity index (χ4v) is 1.55. The van der Waals surface area contributed by atoms with Crippen LogP contribution in [0, 0.1) is 6.92 Å². The Bertz CT molecular complexity index is 476. The van der Waals surface area contributed by atoms with Crippen molar-refractivity contribution in [1.82, 2.24) is 15.5 Å². The van der Waals surface area contributed by atoms with Crippen LogP contribution in [0.4, 0.5) is 0 Å². The Kier molecular flexibility index (Phi) is 5.37. The standard InChI is InChI=1S/C12H17N3O4/c1-4-9-8(5-7(2)14-15-9)11(16)13-10(6-19-3)12(17)18/h5,10H,4,6H2,1-3H3,(H,13,16)(H,17,18). The lowest BCUT2D eigenvalue weighted by Gasteiger charge is -2.14. The number of aliphatic carboxylic acids is 1. The highest BCUT2D eigenvalue weighted by Gasteiger charge is 2.22. The molecule has 1 unspecified atom stereocenters. The largest absolute Gasteiger partial charge is 0.480 e. The monoisotopic (exact) mass is 267 g/mol. The molecule has 0 saturated carbocycles. The molecule has 19 heavy (non-hydrogen) atoms. The molecular formula is C12H17N3O4. The second-order valence-corrected chi connectivity index (χ2v) is 4.02. The van der Waals surface area contributed by atoms with Crippen LogP contribution in [0.5, 0.6) is 0 Å². The minimum atomic E-state index is -1.15. The van der Waals surface area contributed by atoms with Gasteiger partial charge in [0, 0.05) is 7.11 Å². The molecule has 7 nitrogen and oxygen atoms in total. The second-order valence-electron chi connectivity index (χ2n) is 4.02. The molecule has 1 atom stereocenters. The van der Waals surface area contributed by atoms with E-state index in [1.54, 1.807) is 13.0 Å². The number of nitrogens with zero attached hydrogens (tertiary/aromatic N) is 2. The van der Waals surface area contributed by atoms with Gasteiger partial charge in [-0.15, -0.1) is 0 Å². The molecule has 1 amide bonds. The topological polar surface area (TPSA) is 101 Å². The summed E-state index contributed by atoms with van der Waals surface area (Å²) in [5.41, 5.74) is 1.47. The molecule has 0 aliphatic carbocycles. The van der Waals surface area contributed by atoms with E-state index in [2.05, 4.69) is 15.5 Å². The predicted octanol–water partition coefficient (Wildman–Crippen LogP) is 0.177. The number of carboxylic acid groups (broad SMARTS) is 1. The molecule has 1 rings (SSSR count). The van der Waals surface area contributed by atoms with Gasteiger partial charge in [-0.3, -0.25) is 4.79 Å². The van der Waals surface area contributed by atoms with Crippen LogP contribution in [0.25, 0.3) is 0 Å². The van der Waals surface area contributed by atoms with Gasteiger partial charge in [0.05, 0.1) is 23.6 Å². The van der Waals surface area contributed by atoms with E-state index >= 15 is 0 Å². The Hall–Kier alpha value is -2.02. The van der Waals surface area contributed by atoms with E-state index in [4.69, 9.17) is 9.84 Å². The third kappa shape index (κ3) is 3.99. The third-order valence-corrected chi connectivity index (χ3v) is 2.51. The number of ether oxygens (including phenoxy) is 1. The normalized spacial score (nSPS) is 11.9. The smallest absolute Gasteiger partial charge is 0.328 e. The van der Waals surface area contributed by atoms with Crippen molar-refractivity contribution >= 4 is 11.9 Å². The molecule has 2 N–H and O–H groups in total. The summed E-state index contributed by atoms with van der Waals surface area (Å²) >= 11 is 0. The van der Waals surface area contributed by atoms with Crippen molar-refractivity contribution in [3.8, 4) is 0 Å². The zero-order valence-corrected chi connectivity index (χ0v) is 11.1. The molecule has 0 spiro atoms. The van der Waals surface area contributed by atoms with Gasteiger partial charge in [0.25, 0.3) is 5.91 Å². The van der Waals surface area contributed by atoms with Gasteiger partial charge in [0.2, 0.25) is 0 Å². The van der Waals surface area contributed by atoms with E-state index in [9.17, 15) is 9.59 Å². The van der Waals surface area contributed by atoms with Gasteiger partial charge in [0.1, 0.15) is 0 Å². The molecule has 0 aromatic carbocycles. The first kappa shape index (κ1) is 15.0. The summed E-state index contributed by atoms with van der Waals surface area (Å²) in [6.07, 6.45) is 0.540. The highest BCUT2D eigenvalue weighted by Crippen LogP contribution is 2.07. The number of nitrogens with one attached hydrogen (secondary N) is 1. The Morgan fingerprint density at radius 2 is 2.16 bits per heavy atom. The number of carbonyl (C=O) groups excluding carboxylic acids is 1. The van der Waals surface area contributed by atoms with Crippen molar-refractivity contribution in [2.24, 2.45) is 0 Å². The Balaban J connectivity index is 2.93. The van der Waals surface area contributed by atoms with Crippen LogP contribution < -0.4 is 5.32 Å². The number of carbonyl (C=O) groups is 2. The minimum absolute atomic E-state index is 0.0972. The van der Waals surface area contributed by atoms with E-state index in [1.807, 2.05) is 6.92 Å². The highest BCUT2D eigenvalue weighted by atomic mass is 16.5. The predicted molar refractivity (Wildman–Crippen MR) is 66.9 cm³/mol. The van der Waals surface area contributed by atoms with Gasteiger partial charge in [-0.2, -0.15) is 10.2 Å². The van der Waals surface area contributed by atoms with Crippen LogP contribution in [-0.2, 0) is 16.0 Å². The molecule has 1 aromatic rings. The molecule has 1 heterocycles. The third-order valence-electron chi connectivity index (χ3n) is 2.51. The summed E-state index contributed by atoms with van der Waals surface area (Å²) in [6, 6.07) is 0.503. The lowest BCUT2D eigenvalue weighted by atomic mass is 10.1. The molecule has 0 radical (unpaired) electrons. The fourth-order valence-electron chi connectivity index (χ4n) is 1.55. The van der Waals surface area contributed by atoms with Gasteiger partial charge < -0.3 is 15.2 Å². The lowest BCUT2D eigenvalue weighted by molar-refractivity contribution is -0.140. The summed E-state index contributed by atoms with van der Waals surface area (Å²) in [7, 11) is 1.37. The summed E-state index contributed by atoms with van der Waals surface area (Å²) in [5, 5.41) is 19.2. The van der Waals surface area contributed by atoms with Crippen molar-refractivity contribution < 1.29 is 19.4 Å². The van der Waals surface area contributed by atoms with Gasteiger partial charge in [0.15, 0.2) is 6.04 Å². The lowest BCUT2D eigenvalue weighted by Crippen LogP contribution is -2.44. The Morgan fingerprint density at radius 3 is 2.68 bits per heavy atom. The van der Waals surface area contributed by atoms with Gasteiger partial charge in [-0.25, -0.2) is 4.79 Å². The highest BCUT2D eigenvalue weighted by molar-refractivity contribution is 5.97. The van der Waals surface area contributed by atoms with Crippen LogP contribution in [0.3, 0.4) is 0 Å². The molecule has 104 valence electrons. The van der Waals surface area contributed by atoms with Crippen molar-refractivity contribution in [3.63, 3.8) is 0 Å². The molecule has 0 saturated heterocycles. The van der Waals surface area contributed by atoms with Crippen molar-refractivity contribution in [2.45, 2.75) is 26.3 Å². The molecule has 0 aliphatic heterocycles. The van der Waals surface area contributed by atoms with Crippen molar-refractivity contribution in [2.75, 3.05) is 13.7 Å². The van der Waals surface area contributed by atoms with Crippen LogP contribution in [0.15, 0.2) is 6.07 Å². The van der Waals surface area contributed by atoms with Crippen molar-refractivity contribution in [3.05, 3.63) is 23.0 Å². The molecule has 0 aliphatic rings. The number of carboxylic acids is 1.